The fourth-order valence-corrected chi connectivity index (χ4v) is 4.35. The molecular formula is C19H26FN3O2. The highest BCUT2D eigenvalue weighted by atomic mass is 19.1. The molecule has 2 bridgehead atoms. The van der Waals surface area contributed by atoms with Crippen molar-refractivity contribution in [2.24, 2.45) is 17.8 Å². The van der Waals surface area contributed by atoms with Gasteiger partial charge in [-0.1, -0.05) is 12.5 Å². The molecule has 2 aliphatic carbocycles. The lowest BCUT2D eigenvalue weighted by molar-refractivity contribution is -0.115. The van der Waals surface area contributed by atoms with Gasteiger partial charge in [-0.05, 0) is 68.6 Å². The molecule has 2 fully saturated rings. The third kappa shape index (κ3) is 4.30. The second kappa shape index (κ2) is 7.42. The molecule has 1 aromatic rings. The Kier molecular flexibility index (Phi) is 5.25. The van der Waals surface area contributed by atoms with Crippen LogP contribution >= 0.6 is 0 Å². The molecule has 2 aliphatic rings. The summed E-state index contributed by atoms with van der Waals surface area (Å²) in [6.45, 7) is 3.68. The van der Waals surface area contributed by atoms with Gasteiger partial charge < -0.3 is 16.0 Å². The molecule has 0 aromatic heterocycles. The van der Waals surface area contributed by atoms with Crippen molar-refractivity contribution in [2.75, 3.05) is 11.9 Å². The zero-order chi connectivity index (χ0) is 18.0. The van der Waals surface area contributed by atoms with E-state index in [1.54, 1.807) is 13.0 Å². The minimum absolute atomic E-state index is 0.115. The summed E-state index contributed by atoms with van der Waals surface area (Å²) >= 11 is 0. The predicted molar refractivity (Wildman–Crippen MR) is 94.7 cm³/mol. The number of carbonyl (C=O) groups excluding carboxylic acids is 2. The first-order chi connectivity index (χ1) is 11.9. The molecule has 0 radical (unpaired) electrons. The number of benzene rings is 1. The van der Waals surface area contributed by atoms with Gasteiger partial charge in [0, 0.05) is 11.7 Å². The lowest BCUT2D eigenvalue weighted by atomic mass is 9.84. The highest BCUT2D eigenvalue weighted by Gasteiger charge is 2.42. The molecule has 4 atom stereocenters. The number of nitrogens with one attached hydrogen (secondary N) is 3. The molecule has 5 nitrogen and oxygen atoms in total. The number of carbonyl (C=O) groups is 2. The molecule has 0 saturated heterocycles. The first-order valence-corrected chi connectivity index (χ1v) is 9.02. The van der Waals surface area contributed by atoms with E-state index in [4.69, 9.17) is 0 Å². The minimum atomic E-state index is -0.411. The molecule has 0 spiro atoms. The number of anilines is 1. The van der Waals surface area contributed by atoms with E-state index in [1.807, 2.05) is 6.92 Å². The average molecular weight is 347 g/mol. The van der Waals surface area contributed by atoms with Crippen molar-refractivity contribution < 1.29 is 14.0 Å². The van der Waals surface area contributed by atoms with Crippen LogP contribution in [-0.2, 0) is 4.79 Å². The zero-order valence-corrected chi connectivity index (χ0v) is 14.8. The van der Waals surface area contributed by atoms with Gasteiger partial charge in [-0.2, -0.15) is 0 Å². The van der Waals surface area contributed by atoms with E-state index >= 15 is 0 Å². The van der Waals surface area contributed by atoms with Crippen LogP contribution in [0, 0.1) is 30.5 Å². The van der Waals surface area contributed by atoms with Crippen molar-refractivity contribution in [3.8, 4) is 0 Å². The smallest absolute Gasteiger partial charge is 0.315 e. The average Bonchev–Trinajstić information content (AvgIpc) is 3.19. The number of hydrogen-bond donors (Lipinski definition) is 3. The first kappa shape index (κ1) is 17.7. The fraction of sp³-hybridized carbons (Fsp3) is 0.579. The highest BCUT2D eigenvalue weighted by Crippen LogP contribution is 2.49. The largest absolute Gasteiger partial charge is 0.335 e. The number of rotatable bonds is 5. The molecule has 3 rings (SSSR count). The van der Waals surface area contributed by atoms with Crippen molar-refractivity contribution in [1.82, 2.24) is 10.6 Å². The Morgan fingerprint density at radius 3 is 2.76 bits per heavy atom. The van der Waals surface area contributed by atoms with Gasteiger partial charge in [-0.15, -0.1) is 0 Å². The minimum Gasteiger partial charge on any atom is -0.335 e. The number of amides is 3. The molecule has 0 heterocycles. The molecule has 3 amide bonds. The second-order valence-electron chi connectivity index (χ2n) is 7.46. The van der Waals surface area contributed by atoms with Crippen molar-refractivity contribution in [3.05, 3.63) is 29.6 Å². The Morgan fingerprint density at radius 1 is 1.28 bits per heavy atom. The van der Waals surface area contributed by atoms with E-state index in [0.717, 1.165) is 17.4 Å². The summed E-state index contributed by atoms with van der Waals surface area (Å²) in [5.41, 5.74) is 1.19. The van der Waals surface area contributed by atoms with E-state index in [9.17, 15) is 14.0 Å². The van der Waals surface area contributed by atoms with E-state index in [2.05, 4.69) is 16.0 Å². The summed E-state index contributed by atoms with van der Waals surface area (Å²) in [5, 5.41) is 8.15. The molecule has 0 unspecified atom stereocenters. The van der Waals surface area contributed by atoms with E-state index in [-0.39, 0.29) is 24.5 Å². The molecule has 0 aliphatic heterocycles. The van der Waals surface area contributed by atoms with Gasteiger partial charge in [0.05, 0.1) is 6.54 Å². The van der Waals surface area contributed by atoms with Crippen LogP contribution in [0.4, 0.5) is 14.9 Å². The molecule has 2 saturated carbocycles. The highest BCUT2D eigenvalue weighted by molar-refractivity contribution is 5.94. The van der Waals surface area contributed by atoms with E-state index in [0.29, 0.717) is 11.6 Å². The number of halogens is 1. The zero-order valence-electron chi connectivity index (χ0n) is 14.8. The van der Waals surface area contributed by atoms with Crippen LogP contribution in [0.25, 0.3) is 0 Å². The molecule has 136 valence electrons. The number of urea groups is 1. The Bertz CT molecular complexity index is 664. The fourth-order valence-electron chi connectivity index (χ4n) is 4.35. The SMILES string of the molecule is Cc1ccc(F)cc1NC(=O)CNC(=O)N[C@H](C)[C@H]1C[C@H]2CC[C@H]1C2. The Morgan fingerprint density at radius 2 is 2.08 bits per heavy atom. The molecule has 1 aromatic carbocycles. The summed E-state index contributed by atoms with van der Waals surface area (Å²) in [6, 6.07) is 3.99. The lowest BCUT2D eigenvalue weighted by Crippen LogP contribution is -2.47. The van der Waals surface area contributed by atoms with Gasteiger partial charge >= 0.3 is 6.03 Å². The third-order valence-corrected chi connectivity index (χ3v) is 5.68. The van der Waals surface area contributed by atoms with Crippen molar-refractivity contribution in [1.29, 1.82) is 0 Å². The van der Waals surface area contributed by atoms with Gasteiger partial charge in [0.15, 0.2) is 0 Å². The summed E-state index contributed by atoms with van der Waals surface area (Å²) in [4.78, 5) is 24.0. The van der Waals surface area contributed by atoms with Gasteiger partial charge in [-0.3, -0.25) is 4.79 Å². The molecule has 25 heavy (non-hydrogen) atoms. The van der Waals surface area contributed by atoms with E-state index < -0.39 is 5.82 Å². The molecular weight excluding hydrogens is 321 g/mol. The summed E-state index contributed by atoms with van der Waals surface area (Å²) < 4.78 is 13.2. The van der Waals surface area contributed by atoms with Crippen LogP contribution in [-0.4, -0.2) is 24.5 Å². The number of aryl methyl sites for hydroxylation is 1. The van der Waals surface area contributed by atoms with Crippen LogP contribution in [0.1, 0.15) is 38.2 Å². The first-order valence-electron chi connectivity index (χ1n) is 9.02. The second-order valence-corrected chi connectivity index (χ2v) is 7.46. The molecule has 3 N–H and O–H groups in total. The Balaban J connectivity index is 1.42. The Labute approximate surface area is 147 Å². The van der Waals surface area contributed by atoms with E-state index in [1.165, 1.54) is 37.8 Å². The standard InChI is InChI=1S/C19H26FN3O2/c1-11-3-6-15(20)9-17(11)23-18(24)10-21-19(25)22-12(2)16-8-13-4-5-14(16)7-13/h3,6,9,12-14,16H,4-5,7-8,10H2,1-2H3,(H,23,24)(H2,21,22,25)/t12-,13+,14+,16-/m1/s1. The van der Waals surface area contributed by atoms with Crippen LogP contribution in [0.2, 0.25) is 0 Å². The predicted octanol–water partition coefficient (Wildman–Crippen LogP) is 3.20. The maximum atomic E-state index is 13.2. The summed E-state index contributed by atoms with van der Waals surface area (Å²) in [7, 11) is 0. The number of hydrogen-bond acceptors (Lipinski definition) is 2. The van der Waals surface area contributed by atoms with Crippen LogP contribution < -0.4 is 16.0 Å². The maximum absolute atomic E-state index is 13.2. The van der Waals surface area contributed by atoms with Crippen molar-refractivity contribution in [3.63, 3.8) is 0 Å². The lowest BCUT2D eigenvalue weighted by Gasteiger charge is -2.28. The number of fused-ring (bicyclic) bond motifs is 2. The molecule has 6 heteroatoms. The van der Waals surface area contributed by atoms with Gasteiger partial charge in [0.25, 0.3) is 0 Å². The van der Waals surface area contributed by atoms with Crippen LogP contribution in [0.3, 0.4) is 0 Å². The van der Waals surface area contributed by atoms with Crippen molar-refractivity contribution in [2.45, 2.75) is 45.6 Å². The maximum Gasteiger partial charge on any atom is 0.315 e. The Hall–Kier alpha value is -2.11. The van der Waals surface area contributed by atoms with Crippen molar-refractivity contribution >= 4 is 17.6 Å². The topological polar surface area (TPSA) is 70.2 Å². The summed E-state index contributed by atoms with van der Waals surface area (Å²) in [6.07, 6.45) is 5.11. The van der Waals surface area contributed by atoms with Gasteiger partial charge in [-0.25, -0.2) is 9.18 Å². The monoisotopic (exact) mass is 347 g/mol. The van der Waals surface area contributed by atoms with Crippen LogP contribution in [0.15, 0.2) is 18.2 Å². The third-order valence-electron chi connectivity index (χ3n) is 5.68. The van der Waals surface area contributed by atoms with Crippen LogP contribution in [0.5, 0.6) is 0 Å². The van der Waals surface area contributed by atoms with Gasteiger partial charge in [0.1, 0.15) is 5.82 Å². The normalized spacial score (nSPS) is 25.5. The summed E-state index contributed by atoms with van der Waals surface area (Å²) in [5.74, 6) is 1.33. The van der Waals surface area contributed by atoms with Gasteiger partial charge in [0.2, 0.25) is 5.91 Å². The quantitative estimate of drug-likeness (QED) is 0.765.